The number of β-amino-alcohol motifs (C(OH)–C–C–N with tert-alkyl or cyclic N) is 1. The Labute approximate surface area is 154 Å². The number of hydrogen-bond donors (Lipinski definition) is 1. The Hall–Kier alpha value is -2.89. The third-order valence-corrected chi connectivity index (χ3v) is 4.64. The first-order valence-electron chi connectivity index (χ1n) is 8.07. The van der Waals surface area contributed by atoms with Gasteiger partial charge in [-0.15, -0.1) is 0 Å². The summed E-state index contributed by atoms with van der Waals surface area (Å²) in [6.07, 6.45) is 0. The van der Waals surface area contributed by atoms with Crippen LogP contribution in [0.5, 0.6) is 11.5 Å². The lowest BCUT2D eigenvalue weighted by Crippen LogP contribution is -2.41. The maximum Gasteiger partial charge on any atom is 0.261 e. The van der Waals surface area contributed by atoms with E-state index in [1.54, 1.807) is 48.5 Å². The first-order chi connectivity index (χ1) is 12.6. The molecule has 0 spiro atoms. The van der Waals surface area contributed by atoms with E-state index in [1.165, 1.54) is 0 Å². The lowest BCUT2D eigenvalue weighted by molar-refractivity contribution is 0.0580. The molecule has 26 heavy (non-hydrogen) atoms. The van der Waals surface area contributed by atoms with E-state index in [9.17, 15) is 9.59 Å². The summed E-state index contributed by atoms with van der Waals surface area (Å²) in [4.78, 5) is 26.4. The number of aliphatic hydroxyl groups excluding tert-OH is 1. The van der Waals surface area contributed by atoms with Crippen LogP contribution in [0.25, 0.3) is 10.8 Å². The van der Waals surface area contributed by atoms with Gasteiger partial charge in [0.05, 0.1) is 18.2 Å². The predicted octanol–water partition coefficient (Wildman–Crippen LogP) is 3.87. The number of hydrogen-bond acceptors (Lipinski definition) is 4. The minimum atomic E-state index is -0.419. The van der Waals surface area contributed by atoms with Crippen LogP contribution in [-0.4, -0.2) is 35.0 Å². The van der Waals surface area contributed by atoms with Gasteiger partial charge >= 0.3 is 0 Å². The highest BCUT2D eigenvalue weighted by Crippen LogP contribution is 2.38. The van der Waals surface area contributed by atoms with E-state index in [4.69, 9.17) is 21.4 Å². The number of aliphatic hydroxyl groups is 1. The van der Waals surface area contributed by atoms with Gasteiger partial charge in [-0.2, -0.15) is 0 Å². The van der Waals surface area contributed by atoms with Crippen molar-refractivity contribution in [2.75, 3.05) is 13.2 Å². The molecular weight excluding hydrogens is 354 g/mol. The first kappa shape index (κ1) is 16.6. The predicted molar refractivity (Wildman–Crippen MR) is 97.9 cm³/mol. The number of para-hydroxylation sites is 1. The zero-order valence-electron chi connectivity index (χ0n) is 13.6. The highest BCUT2D eigenvalue weighted by molar-refractivity contribution is 6.32. The molecule has 4 rings (SSSR count). The van der Waals surface area contributed by atoms with Crippen molar-refractivity contribution in [3.8, 4) is 11.5 Å². The van der Waals surface area contributed by atoms with Crippen LogP contribution in [0.2, 0.25) is 5.02 Å². The number of carbonyl (C=O) groups excluding carboxylic acids is 2. The topological polar surface area (TPSA) is 66.8 Å². The zero-order valence-corrected chi connectivity index (χ0v) is 14.4. The average Bonchev–Trinajstić information content (AvgIpc) is 2.65. The van der Waals surface area contributed by atoms with E-state index in [1.807, 2.05) is 6.07 Å². The minimum Gasteiger partial charge on any atom is -0.455 e. The molecular formula is C20H14ClNO4. The van der Waals surface area contributed by atoms with Crippen LogP contribution in [0.4, 0.5) is 0 Å². The van der Waals surface area contributed by atoms with E-state index in [0.717, 1.165) is 4.90 Å². The van der Waals surface area contributed by atoms with Crippen molar-refractivity contribution < 1.29 is 19.4 Å². The number of carbonyl (C=O) groups is 2. The van der Waals surface area contributed by atoms with E-state index < -0.39 is 11.8 Å². The molecule has 1 aliphatic rings. The number of imide groups is 1. The maximum absolute atomic E-state index is 12.7. The normalized spacial score (nSPS) is 13.4. The second-order valence-electron chi connectivity index (χ2n) is 5.86. The number of nitrogens with zero attached hydrogens (tertiary/aromatic N) is 1. The van der Waals surface area contributed by atoms with E-state index in [-0.39, 0.29) is 13.2 Å². The summed E-state index contributed by atoms with van der Waals surface area (Å²) in [6, 6.07) is 15.6. The van der Waals surface area contributed by atoms with Crippen molar-refractivity contribution >= 4 is 34.2 Å². The fraction of sp³-hybridized carbons (Fsp3) is 0.100. The molecule has 0 unspecified atom stereocenters. The highest BCUT2D eigenvalue weighted by atomic mass is 35.5. The van der Waals surface area contributed by atoms with Crippen LogP contribution in [-0.2, 0) is 0 Å². The van der Waals surface area contributed by atoms with Gasteiger partial charge in [0.2, 0.25) is 0 Å². The van der Waals surface area contributed by atoms with Gasteiger partial charge in [-0.3, -0.25) is 14.5 Å². The molecule has 0 saturated heterocycles. The van der Waals surface area contributed by atoms with E-state index >= 15 is 0 Å². The summed E-state index contributed by atoms with van der Waals surface area (Å²) >= 11 is 6.16. The largest absolute Gasteiger partial charge is 0.455 e. The van der Waals surface area contributed by atoms with Gasteiger partial charge in [-0.05, 0) is 30.3 Å². The Morgan fingerprint density at radius 2 is 1.62 bits per heavy atom. The molecule has 1 aliphatic heterocycles. The molecule has 0 bridgehead atoms. The molecule has 0 aliphatic carbocycles. The second-order valence-corrected chi connectivity index (χ2v) is 6.26. The number of halogens is 1. The molecule has 3 aromatic rings. The van der Waals surface area contributed by atoms with Crippen LogP contribution < -0.4 is 4.74 Å². The van der Waals surface area contributed by atoms with Gasteiger partial charge in [-0.1, -0.05) is 35.9 Å². The summed E-state index contributed by atoms with van der Waals surface area (Å²) in [5.41, 5.74) is 0.824. The lowest BCUT2D eigenvalue weighted by atomic mass is 9.93. The monoisotopic (exact) mass is 367 g/mol. The van der Waals surface area contributed by atoms with E-state index in [0.29, 0.717) is 38.4 Å². The fourth-order valence-electron chi connectivity index (χ4n) is 3.16. The third-order valence-electron chi connectivity index (χ3n) is 4.33. The van der Waals surface area contributed by atoms with Gasteiger partial charge in [-0.25, -0.2) is 0 Å². The van der Waals surface area contributed by atoms with Gasteiger partial charge in [0.1, 0.15) is 11.5 Å². The average molecular weight is 368 g/mol. The summed E-state index contributed by atoms with van der Waals surface area (Å²) in [7, 11) is 0. The lowest BCUT2D eigenvalue weighted by Gasteiger charge is -2.27. The van der Waals surface area contributed by atoms with Crippen molar-refractivity contribution in [1.29, 1.82) is 0 Å². The molecule has 2 amide bonds. The number of amides is 2. The third kappa shape index (κ3) is 2.53. The van der Waals surface area contributed by atoms with Crippen LogP contribution in [0.15, 0.2) is 54.6 Å². The summed E-state index contributed by atoms with van der Waals surface area (Å²) < 4.78 is 5.94. The van der Waals surface area contributed by atoms with Crippen LogP contribution >= 0.6 is 11.6 Å². The SMILES string of the molecule is O=C1c2cccc3c(Oc4ccccc4Cl)ccc(c23)C(=O)N1CCO. The molecule has 0 saturated carbocycles. The zero-order chi connectivity index (χ0) is 18.3. The summed E-state index contributed by atoms with van der Waals surface area (Å²) in [5.74, 6) is 0.161. The Kier molecular flexibility index (Phi) is 4.11. The van der Waals surface area contributed by atoms with Crippen LogP contribution in [0.3, 0.4) is 0 Å². The van der Waals surface area contributed by atoms with E-state index in [2.05, 4.69) is 0 Å². The van der Waals surface area contributed by atoms with Crippen LogP contribution in [0, 0.1) is 0 Å². The van der Waals surface area contributed by atoms with Gasteiger partial charge in [0.15, 0.2) is 0 Å². The quantitative estimate of drug-likeness (QED) is 0.711. The number of rotatable bonds is 4. The maximum atomic E-state index is 12.7. The standard InChI is InChI=1S/C20H14ClNO4/c21-15-6-1-2-7-17(15)26-16-9-8-14-18-12(16)4-3-5-13(18)19(24)22(10-11-23)20(14)25/h1-9,23H,10-11H2. The minimum absolute atomic E-state index is 0.0363. The molecule has 5 nitrogen and oxygen atoms in total. The van der Waals surface area contributed by atoms with Crippen molar-refractivity contribution in [3.63, 3.8) is 0 Å². The Balaban J connectivity index is 1.89. The Morgan fingerprint density at radius 1 is 0.885 bits per heavy atom. The van der Waals surface area contributed by atoms with Gasteiger partial charge in [0.25, 0.3) is 11.8 Å². The molecule has 0 radical (unpaired) electrons. The number of ether oxygens (including phenoxy) is 1. The van der Waals surface area contributed by atoms with Gasteiger partial charge < -0.3 is 9.84 Å². The fourth-order valence-corrected chi connectivity index (χ4v) is 3.33. The highest BCUT2D eigenvalue weighted by Gasteiger charge is 2.33. The molecule has 6 heteroatoms. The Morgan fingerprint density at radius 3 is 2.35 bits per heavy atom. The van der Waals surface area contributed by atoms with Crippen molar-refractivity contribution in [3.05, 3.63) is 70.7 Å². The van der Waals surface area contributed by atoms with Crippen molar-refractivity contribution in [2.24, 2.45) is 0 Å². The Bertz CT molecular complexity index is 1020. The second kappa shape index (κ2) is 6.44. The molecule has 3 aromatic carbocycles. The smallest absolute Gasteiger partial charge is 0.261 e. The summed E-state index contributed by atoms with van der Waals surface area (Å²) in [6.45, 7) is -0.318. The molecule has 1 heterocycles. The molecule has 0 atom stereocenters. The number of benzene rings is 3. The van der Waals surface area contributed by atoms with Gasteiger partial charge in [0, 0.05) is 21.9 Å². The first-order valence-corrected chi connectivity index (χ1v) is 8.45. The van der Waals surface area contributed by atoms with Crippen molar-refractivity contribution in [2.45, 2.75) is 0 Å². The molecule has 0 aromatic heterocycles. The van der Waals surface area contributed by atoms with Crippen molar-refractivity contribution in [1.82, 2.24) is 4.90 Å². The summed E-state index contributed by atoms with van der Waals surface area (Å²) in [5, 5.41) is 10.8. The molecule has 0 fully saturated rings. The van der Waals surface area contributed by atoms with Crippen LogP contribution in [0.1, 0.15) is 20.7 Å². The molecule has 130 valence electrons. The molecule has 1 N–H and O–H groups in total.